The Morgan fingerprint density at radius 1 is 1.40 bits per heavy atom. The first-order valence-electron chi connectivity index (χ1n) is 6.08. The van der Waals surface area contributed by atoms with Gasteiger partial charge in [0.1, 0.15) is 0 Å². The fraction of sp³-hybridized carbons (Fsp3) is 0.917. The highest BCUT2D eigenvalue weighted by atomic mass is 16.4. The maximum absolute atomic E-state index is 10.9. The van der Waals surface area contributed by atoms with Crippen molar-refractivity contribution in [3.8, 4) is 0 Å². The topological polar surface area (TPSA) is 49.3 Å². The summed E-state index contributed by atoms with van der Waals surface area (Å²) in [6.45, 7) is 5.14. The van der Waals surface area contributed by atoms with Crippen molar-refractivity contribution in [3.63, 3.8) is 0 Å². The molecule has 0 unspecified atom stereocenters. The summed E-state index contributed by atoms with van der Waals surface area (Å²) in [5, 5.41) is 12.3. The van der Waals surface area contributed by atoms with Crippen molar-refractivity contribution >= 4 is 5.97 Å². The Hall–Kier alpha value is -0.570. The Bertz CT molecular complexity index is 208. The molecule has 0 bridgehead atoms. The highest BCUT2D eigenvalue weighted by Crippen LogP contribution is 2.35. The minimum absolute atomic E-state index is 0.119. The van der Waals surface area contributed by atoms with Crippen molar-refractivity contribution in [2.75, 3.05) is 6.54 Å². The van der Waals surface area contributed by atoms with Crippen molar-refractivity contribution in [3.05, 3.63) is 0 Å². The zero-order valence-electron chi connectivity index (χ0n) is 9.88. The van der Waals surface area contributed by atoms with E-state index in [0.29, 0.717) is 0 Å². The summed E-state index contributed by atoms with van der Waals surface area (Å²) in [6, 6.07) is 0. The Labute approximate surface area is 92.3 Å². The predicted molar refractivity (Wildman–Crippen MR) is 60.9 cm³/mol. The summed E-state index contributed by atoms with van der Waals surface area (Å²) in [5.74, 6) is 0.136. The van der Waals surface area contributed by atoms with E-state index in [1.807, 2.05) is 0 Å². The second-order valence-electron chi connectivity index (χ2n) is 4.73. The van der Waals surface area contributed by atoms with E-state index in [-0.39, 0.29) is 12.0 Å². The van der Waals surface area contributed by atoms with Crippen LogP contribution in [0.4, 0.5) is 0 Å². The first-order valence-corrected chi connectivity index (χ1v) is 6.08. The zero-order chi connectivity index (χ0) is 11.3. The zero-order valence-corrected chi connectivity index (χ0v) is 9.88. The van der Waals surface area contributed by atoms with Gasteiger partial charge in [-0.25, -0.2) is 0 Å². The van der Waals surface area contributed by atoms with Gasteiger partial charge < -0.3 is 10.4 Å². The van der Waals surface area contributed by atoms with Gasteiger partial charge in [0.2, 0.25) is 0 Å². The first-order chi connectivity index (χ1) is 7.12. The lowest BCUT2D eigenvalue weighted by Crippen LogP contribution is -2.49. The summed E-state index contributed by atoms with van der Waals surface area (Å²) < 4.78 is 0. The number of rotatable bonds is 5. The third kappa shape index (κ3) is 3.49. The molecule has 0 spiro atoms. The van der Waals surface area contributed by atoms with Crippen molar-refractivity contribution in [2.45, 2.75) is 57.9 Å². The molecule has 0 amide bonds. The Balaban J connectivity index is 2.55. The second kappa shape index (κ2) is 5.50. The van der Waals surface area contributed by atoms with Crippen molar-refractivity contribution in [1.82, 2.24) is 5.32 Å². The molecule has 15 heavy (non-hydrogen) atoms. The van der Waals surface area contributed by atoms with E-state index in [2.05, 4.69) is 19.2 Å². The van der Waals surface area contributed by atoms with Gasteiger partial charge in [-0.3, -0.25) is 4.79 Å². The number of aliphatic carboxylic acids is 1. The number of carboxylic acid groups (broad SMARTS) is 1. The molecule has 3 nitrogen and oxygen atoms in total. The largest absolute Gasteiger partial charge is 0.481 e. The van der Waals surface area contributed by atoms with E-state index >= 15 is 0 Å². The fourth-order valence-electron chi connectivity index (χ4n) is 2.72. The van der Waals surface area contributed by atoms with Crippen LogP contribution in [-0.2, 0) is 4.79 Å². The van der Waals surface area contributed by atoms with Gasteiger partial charge in [-0.05, 0) is 38.1 Å². The van der Waals surface area contributed by atoms with E-state index in [4.69, 9.17) is 5.11 Å². The van der Waals surface area contributed by atoms with Crippen LogP contribution in [0.15, 0.2) is 0 Å². The third-order valence-electron chi connectivity index (χ3n) is 3.68. The van der Waals surface area contributed by atoms with Gasteiger partial charge in [-0.1, -0.05) is 20.3 Å². The van der Waals surface area contributed by atoms with Crippen LogP contribution in [0.25, 0.3) is 0 Å². The fourth-order valence-corrected chi connectivity index (χ4v) is 2.72. The van der Waals surface area contributed by atoms with Gasteiger partial charge in [0.05, 0.1) is 6.42 Å². The summed E-state index contributed by atoms with van der Waals surface area (Å²) in [7, 11) is 0. The van der Waals surface area contributed by atoms with Crippen molar-refractivity contribution in [2.24, 2.45) is 5.92 Å². The van der Waals surface area contributed by atoms with E-state index in [1.54, 1.807) is 0 Å². The number of carboxylic acids is 1. The molecule has 0 aromatic carbocycles. The standard InChI is InChI=1S/C12H23NO2/c1-3-10-5-7-12(8-6-10,13-4-2)9-11(14)15/h10,13H,3-9H2,1-2H3,(H,14,15). The average Bonchev–Trinajstić information content (AvgIpc) is 2.18. The van der Waals surface area contributed by atoms with Crippen LogP contribution in [0.1, 0.15) is 52.4 Å². The smallest absolute Gasteiger partial charge is 0.305 e. The molecule has 2 N–H and O–H groups in total. The molecule has 0 aromatic heterocycles. The monoisotopic (exact) mass is 213 g/mol. The summed E-state index contributed by atoms with van der Waals surface area (Å²) >= 11 is 0. The number of carbonyl (C=O) groups is 1. The molecule has 0 saturated heterocycles. The van der Waals surface area contributed by atoms with Gasteiger partial charge in [0, 0.05) is 5.54 Å². The predicted octanol–water partition coefficient (Wildman–Crippen LogP) is 2.41. The molecule has 0 heterocycles. The summed E-state index contributed by atoms with van der Waals surface area (Å²) in [4.78, 5) is 10.9. The molecule has 0 aliphatic heterocycles. The molecule has 1 aliphatic carbocycles. The van der Waals surface area contributed by atoms with Crippen LogP contribution < -0.4 is 5.32 Å². The van der Waals surface area contributed by atoms with E-state index in [9.17, 15) is 4.79 Å². The molecule has 0 atom stereocenters. The molecule has 1 rings (SSSR count). The van der Waals surface area contributed by atoms with Crippen molar-refractivity contribution in [1.29, 1.82) is 0 Å². The Morgan fingerprint density at radius 2 is 2.00 bits per heavy atom. The van der Waals surface area contributed by atoms with Crippen LogP contribution in [0.5, 0.6) is 0 Å². The quantitative estimate of drug-likeness (QED) is 0.737. The average molecular weight is 213 g/mol. The maximum atomic E-state index is 10.9. The van der Waals surface area contributed by atoms with Gasteiger partial charge in [0.25, 0.3) is 0 Å². The van der Waals surface area contributed by atoms with Crippen LogP contribution >= 0.6 is 0 Å². The highest BCUT2D eigenvalue weighted by Gasteiger charge is 2.35. The molecule has 1 saturated carbocycles. The Kier molecular flexibility index (Phi) is 4.58. The van der Waals surface area contributed by atoms with Crippen LogP contribution in [0.2, 0.25) is 0 Å². The lowest BCUT2D eigenvalue weighted by molar-refractivity contribution is -0.139. The van der Waals surface area contributed by atoms with Crippen LogP contribution in [0, 0.1) is 5.92 Å². The maximum Gasteiger partial charge on any atom is 0.305 e. The van der Waals surface area contributed by atoms with Gasteiger partial charge in [-0.2, -0.15) is 0 Å². The first kappa shape index (κ1) is 12.5. The van der Waals surface area contributed by atoms with Gasteiger partial charge >= 0.3 is 5.97 Å². The molecule has 1 aliphatic rings. The number of nitrogens with one attached hydrogen (secondary N) is 1. The van der Waals surface area contributed by atoms with E-state index in [0.717, 1.165) is 25.3 Å². The molecule has 0 radical (unpaired) electrons. The number of hydrogen-bond acceptors (Lipinski definition) is 2. The van der Waals surface area contributed by atoms with Crippen molar-refractivity contribution < 1.29 is 9.90 Å². The van der Waals surface area contributed by atoms with Gasteiger partial charge in [-0.15, -0.1) is 0 Å². The summed E-state index contributed by atoms with van der Waals surface area (Å²) in [5.41, 5.74) is -0.119. The molecule has 1 fully saturated rings. The second-order valence-corrected chi connectivity index (χ2v) is 4.73. The Morgan fingerprint density at radius 3 is 2.40 bits per heavy atom. The van der Waals surface area contributed by atoms with Gasteiger partial charge in [0.15, 0.2) is 0 Å². The minimum atomic E-state index is -0.675. The van der Waals surface area contributed by atoms with Crippen LogP contribution in [-0.4, -0.2) is 23.2 Å². The third-order valence-corrected chi connectivity index (χ3v) is 3.68. The van der Waals surface area contributed by atoms with E-state index < -0.39 is 5.97 Å². The van der Waals surface area contributed by atoms with Crippen LogP contribution in [0.3, 0.4) is 0 Å². The normalized spacial score (nSPS) is 31.5. The highest BCUT2D eigenvalue weighted by molar-refractivity contribution is 5.68. The molecular formula is C12H23NO2. The molecule has 0 aromatic rings. The number of hydrogen-bond donors (Lipinski definition) is 2. The van der Waals surface area contributed by atoms with E-state index in [1.165, 1.54) is 19.3 Å². The SMILES string of the molecule is CCNC1(CC(=O)O)CCC(CC)CC1. The molecule has 3 heteroatoms. The summed E-state index contributed by atoms with van der Waals surface area (Å²) in [6.07, 6.45) is 5.90. The lowest BCUT2D eigenvalue weighted by Gasteiger charge is -2.40. The lowest BCUT2D eigenvalue weighted by atomic mass is 9.74. The minimum Gasteiger partial charge on any atom is -0.481 e. The molecule has 88 valence electrons. The molecular weight excluding hydrogens is 190 g/mol.